The summed E-state index contributed by atoms with van der Waals surface area (Å²) >= 11 is 0. The van der Waals surface area contributed by atoms with Crippen LogP contribution >= 0.6 is 0 Å². The molecule has 4 nitrogen and oxygen atoms in total. The fourth-order valence-electron chi connectivity index (χ4n) is 3.63. The van der Waals surface area contributed by atoms with Crippen molar-refractivity contribution in [2.45, 2.75) is 6.04 Å². The molecule has 3 aliphatic rings. The van der Waals surface area contributed by atoms with E-state index in [9.17, 15) is 5.11 Å². The SMILES string of the molecule is Oc1ccc2c(c1)OCC2N1C[C@H]2CNC[C@H]2C1. The lowest BCUT2D eigenvalue weighted by atomic mass is 10.0. The maximum Gasteiger partial charge on any atom is 0.127 e. The summed E-state index contributed by atoms with van der Waals surface area (Å²) in [5.41, 5.74) is 1.24. The summed E-state index contributed by atoms with van der Waals surface area (Å²) in [5.74, 6) is 2.77. The van der Waals surface area contributed by atoms with E-state index in [1.807, 2.05) is 6.07 Å². The fraction of sp³-hybridized carbons (Fsp3) is 0.571. The molecule has 0 bridgehead atoms. The molecule has 4 rings (SSSR count). The number of benzene rings is 1. The largest absolute Gasteiger partial charge is 0.508 e. The van der Waals surface area contributed by atoms with Crippen molar-refractivity contribution in [2.24, 2.45) is 11.8 Å². The summed E-state index contributed by atoms with van der Waals surface area (Å²) in [6.07, 6.45) is 0. The minimum absolute atomic E-state index is 0.289. The highest BCUT2D eigenvalue weighted by molar-refractivity contribution is 5.44. The number of nitrogens with one attached hydrogen (secondary N) is 1. The van der Waals surface area contributed by atoms with Gasteiger partial charge in [0.1, 0.15) is 18.1 Å². The lowest BCUT2D eigenvalue weighted by Crippen LogP contribution is -2.30. The van der Waals surface area contributed by atoms with E-state index in [2.05, 4.69) is 10.2 Å². The number of hydrogen-bond donors (Lipinski definition) is 2. The Morgan fingerprint density at radius 1 is 1.22 bits per heavy atom. The first kappa shape index (κ1) is 10.6. The zero-order valence-corrected chi connectivity index (χ0v) is 10.3. The molecule has 0 spiro atoms. The molecule has 4 heteroatoms. The average molecular weight is 246 g/mol. The van der Waals surface area contributed by atoms with E-state index in [4.69, 9.17) is 4.74 Å². The van der Waals surface area contributed by atoms with E-state index in [1.165, 1.54) is 18.7 Å². The molecule has 3 heterocycles. The van der Waals surface area contributed by atoms with Gasteiger partial charge in [0.2, 0.25) is 0 Å². The Balaban J connectivity index is 1.58. The lowest BCUT2D eigenvalue weighted by Gasteiger charge is -2.23. The van der Waals surface area contributed by atoms with Gasteiger partial charge in [0, 0.05) is 24.7 Å². The van der Waals surface area contributed by atoms with Crippen LogP contribution in [0.25, 0.3) is 0 Å². The molecule has 0 aromatic heterocycles. The normalized spacial score (nSPS) is 34.3. The zero-order valence-electron chi connectivity index (χ0n) is 10.3. The number of phenolic OH excluding ortho intramolecular Hbond substituents is 1. The van der Waals surface area contributed by atoms with Gasteiger partial charge in [0.25, 0.3) is 0 Å². The highest BCUT2D eigenvalue weighted by Crippen LogP contribution is 2.41. The molecule has 0 radical (unpaired) electrons. The molecule has 3 atom stereocenters. The topological polar surface area (TPSA) is 44.7 Å². The first-order chi connectivity index (χ1) is 8.81. The van der Waals surface area contributed by atoms with E-state index in [1.54, 1.807) is 12.1 Å². The molecule has 2 fully saturated rings. The van der Waals surface area contributed by atoms with E-state index in [0.29, 0.717) is 6.04 Å². The first-order valence-electron chi connectivity index (χ1n) is 6.72. The fourth-order valence-corrected chi connectivity index (χ4v) is 3.63. The predicted molar refractivity (Wildman–Crippen MR) is 67.8 cm³/mol. The van der Waals surface area contributed by atoms with Crippen molar-refractivity contribution in [1.82, 2.24) is 10.2 Å². The number of ether oxygens (including phenoxy) is 1. The number of aromatic hydroxyl groups is 1. The van der Waals surface area contributed by atoms with Crippen LogP contribution in [0.4, 0.5) is 0 Å². The van der Waals surface area contributed by atoms with Gasteiger partial charge in [-0.2, -0.15) is 0 Å². The Morgan fingerprint density at radius 2 is 2.00 bits per heavy atom. The third-order valence-corrected chi connectivity index (χ3v) is 4.61. The van der Waals surface area contributed by atoms with Crippen LogP contribution in [0.3, 0.4) is 0 Å². The molecule has 2 saturated heterocycles. The molecular weight excluding hydrogens is 228 g/mol. The summed E-state index contributed by atoms with van der Waals surface area (Å²) < 4.78 is 5.71. The van der Waals surface area contributed by atoms with Gasteiger partial charge in [0.15, 0.2) is 0 Å². The van der Waals surface area contributed by atoms with Crippen LogP contribution in [0, 0.1) is 11.8 Å². The number of fused-ring (bicyclic) bond motifs is 2. The van der Waals surface area contributed by atoms with Gasteiger partial charge < -0.3 is 15.2 Å². The van der Waals surface area contributed by atoms with E-state index in [0.717, 1.165) is 37.3 Å². The van der Waals surface area contributed by atoms with Crippen molar-refractivity contribution in [3.8, 4) is 11.5 Å². The summed E-state index contributed by atoms with van der Waals surface area (Å²) in [6, 6.07) is 5.88. The maximum atomic E-state index is 9.48. The highest BCUT2D eigenvalue weighted by Gasteiger charge is 2.41. The third-order valence-electron chi connectivity index (χ3n) is 4.61. The molecule has 0 amide bonds. The number of nitrogens with zero attached hydrogens (tertiary/aromatic N) is 1. The number of hydrogen-bond acceptors (Lipinski definition) is 4. The summed E-state index contributed by atoms with van der Waals surface area (Å²) in [6.45, 7) is 5.40. The predicted octanol–water partition coefficient (Wildman–Crippen LogP) is 0.977. The molecule has 96 valence electrons. The average Bonchev–Trinajstić information content (AvgIpc) is 2.98. The second kappa shape index (κ2) is 3.87. The smallest absolute Gasteiger partial charge is 0.127 e. The second-order valence-corrected chi connectivity index (χ2v) is 5.68. The number of rotatable bonds is 1. The van der Waals surface area contributed by atoms with Gasteiger partial charge in [-0.1, -0.05) is 0 Å². The minimum Gasteiger partial charge on any atom is -0.508 e. The van der Waals surface area contributed by atoms with Crippen LogP contribution in [-0.4, -0.2) is 42.8 Å². The Labute approximate surface area is 107 Å². The van der Waals surface area contributed by atoms with Gasteiger partial charge in [0.05, 0.1) is 6.04 Å². The van der Waals surface area contributed by atoms with Gasteiger partial charge in [-0.15, -0.1) is 0 Å². The summed E-state index contributed by atoms with van der Waals surface area (Å²) in [7, 11) is 0. The Morgan fingerprint density at radius 3 is 2.78 bits per heavy atom. The monoisotopic (exact) mass is 246 g/mol. The number of phenols is 1. The third kappa shape index (κ3) is 1.52. The molecule has 3 aliphatic heterocycles. The van der Waals surface area contributed by atoms with Crippen molar-refractivity contribution >= 4 is 0 Å². The molecule has 1 aromatic carbocycles. The van der Waals surface area contributed by atoms with Crippen molar-refractivity contribution in [1.29, 1.82) is 0 Å². The van der Waals surface area contributed by atoms with Gasteiger partial charge in [-0.3, -0.25) is 4.90 Å². The molecule has 1 unspecified atom stereocenters. The summed E-state index contributed by atoms with van der Waals surface area (Å²) in [4.78, 5) is 2.55. The van der Waals surface area contributed by atoms with E-state index in [-0.39, 0.29) is 5.75 Å². The molecular formula is C14H18N2O2. The van der Waals surface area contributed by atoms with Crippen LogP contribution in [0.5, 0.6) is 11.5 Å². The molecule has 1 aromatic rings. The van der Waals surface area contributed by atoms with Crippen molar-refractivity contribution in [2.75, 3.05) is 32.8 Å². The highest BCUT2D eigenvalue weighted by atomic mass is 16.5. The minimum atomic E-state index is 0.289. The molecule has 0 saturated carbocycles. The van der Waals surface area contributed by atoms with Crippen LogP contribution < -0.4 is 10.1 Å². The zero-order chi connectivity index (χ0) is 12.1. The van der Waals surface area contributed by atoms with E-state index >= 15 is 0 Å². The Bertz CT molecular complexity index is 465. The summed E-state index contributed by atoms with van der Waals surface area (Å²) in [5, 5.41) is 12.9. The molecule has 0 aliphatic carbocycles. The maximum absolute atomic E-state index is 9.48. The van der Waals surface area contributed by atoms with Gasteiger partial charge in [-0.05, 0) is 37.1 Å². The second-order valence-electron chi connectivity index (χ2n) is 5.68. The number of likely N-dealkylation sites (tertiary alicyclic amines) is 1. The van der Waals surface area contributed by atoms with Crippen LogP contribution in [0.1, 0.15) is 11.6 Å². The first-order valence-corrected chi connectivity index (χ1v) is 6.72. The quantitative estimate of drug-likeness (QED) is 0.775. The van der Waals surface area contributed by atoms with Crippen LogP contribution in [0.2, 0.25) is 0 Å². The molecule has 2 N–H and O–H groups in total. The van der Waals surface area contributed by atoms with Crippen LogP contribution in [0.15, 0.2) is 18.2 Å². The van der Waals surface area contributed by atoms with Crippen molar-refractivity contribution in [3.63, 3.8) is 0 Å². The lowest BCUT2D eigenvalue weighted by molar-refractivity contribution is 0.184. The van der Waals surface area contributed by atoms with E-state index < -0.39 is 0 Å². The van der Waals surface area contributed by atoms with Gasteiger partial charge in [-0.25, -0.2) is 0 Å². The molecule has 18 heavy (non-hydrogen) atoms. The van der Waals surface area contributed by atoms with Crippen molar-refractivity contribution < 1.29 is 9.84 Å². The van der Waals surface area contributed by atoms with Crippen molar-refractivity contribution in [3.05, 3.63) is 23.8 Å². The Hall–Kier alpha value is -1.26. The standard InChI is InChI=1S/C14H18N2O2/c17-11-1-2-12-13(8-18-14(12)3-11)16-6-9-4-15-5-10(9)7-16/h1-3,9-10,13,15,17H,4-8H2/t9-,10+,13?. The Kier molecular flexibility index (Phi) is 2.29. The van der Waals surface area contributed by atoms with Gasteiger partial charge >= 0.3 is 0 Å². The van der Waals surface area contributed by atoms with Crippen LogP contribution in [-0.2, 0) is 0 Å².